The predicted molar refractivity (Wildman–Crippen MR) is 46.3 cm³/mol. The molecule has 0 saturated carbocycles. The van der Waals surface area contributed by atoms with Gasteiger partial charge in [-0.2, -0.15) is 0 Å². The highest BCUT2D eigenvalue weighted by Gasteiger charge is 2.12. The number of halogens is 1. The Morgan fingerprint density at radius 3 is 2.67 bits per heavy atom. The average Bonchev–Trinajstić information content (AvgIpc) is 2.49. The molecule has 1 N–H and O–H groups in total. The minimum absolute atomic E-state index is 0.0556. The highest BCUT2D eigenvalue weighted by Crippen LogP contribution is 2.20. The molecule has 12 heavy (non-hydrogen) atoms. The second-order valence-corrected chi connectivity index (χ2v) is 3.17. The molecule has 1 heterocycles. The molecule has 64 valence electrons. The monoisotopic (exact) mass is 165 g/mol. The summed E-state index contributed by atoms with van der Waals surface area (Å²) in [5, 5.41) is 3.20. The van der Waals surface area contributed by atoms with E-state index in [0.29, 0.717) is 0 Å². The molecule has 0 amide bonds. The van der Waals surface area contributed by atoms with Crippen LogP contribution >= 0.6 is 0 Å². The summed E-state index contributed by atoms with van der Waals surface area (Å²) in [7, 11) is 0. The van der Waals surface area contributed by atoms with E-state index in [1.165, 1.54) is 5.56 Å². The van der Waals surface area contributed by atoms with Gasteiger partial charge < -0.3 is 5.32 Å². The molecule has 0 spiro atoms. The third-order valence-electron chi connectivity index (χ3n) is 2.38. The molecule has 0 saturated heterocycles. The van der Waals surface area contributed by atoms with E-state index in [0.717, 1.165) is 30.6 Å². The maximum Gasteiger partial charge on any atom is 0.126 e. The van der Waals surface area contributed by atoms with Crippen molar-refractivity contribution in [3.63, 3.8) is 0 Å². The molecule has 1 aliphatic rings. The van der Waals surface area contributed by atoms with Crippen LogP contribution in [0.1, 0.15) is 23.6 Å². The highest BCUT2D eigenvalue weighted by molar-refractivity contribution is 5.35. The summed E-state index contributed by atoms with van der Waals surface area (Å²) in [6.45, 7) is 3.69. The summed E-state index contributed by atoms with van der Waals surface area (Å²) in [5.41, 5.74) is 3.20. The van der Waals surface area contributed by atoms with Crippen LogP contribution in [0.2, 0.25) is 0 Å². The first kappa shape index (κ1) is 7.74. The van der Waals surface area contributed by atoms with E-state index in [9.17, 15) is 4.39 Å². The molecule has 0 radical (unpaired) electrons. The largest absolute Gasteiger partial charge is 0.309 e. The van der Waals surface area contributed by atoms with Crippen molar-refractivity contribution in [2.24, 2.45) is 0 Å². The lowest BCUT2D eigenvalue weighted by Crippen LogP contribution is -1.99. The number of fused-ring (bicyclic) bond motifs is 1. The van der Waals surface area contributed by atoms with E-state index in [2.05, 4.69) is 5.32 Å². The van der Waals surface area contributed by atoms with Crippen molar-refractivity contribution in [1.82, 2.24) is 5.32 Å². The third-order valence-corrected chi connectivity index (χ3v) is 2.38. The third kappa shape index (κ3) is 1.12. The van der Waals surface area contributed by atoms with Crippen LogP contribution in [0.3, 0.4) is 0 Å². The van der Waals surface area contributed by atoms with Crippen molar-refractivity contribution in [2.75, 3.05) is 0 Å². The second kappa shape index (κ2) is 2.87. The molecule has 0 atom stereocenters. The van der Waals surface area contributed by atoms with Crippen LogP contribution in [0.15, 0.2) is 12.1 Å². The summed E-state index contributed by atoms with van der Waals surface area (Å²) in [6, 6.07) is 3.64. The van der Waals surface area contributed by atoms with Gasteiger partial charge in [0, 0.05) is 13.1 Å². The quantitative estimate of drug-likeness (QED) is 0.671. The molecular formula is C10H12FN. The zero-order valence-corrected chi connectivity index (χ0v) is 7.15. The van der Waals surface area contributed by atoms with E-state index < -0.39 is 0 Å². The minimum Gasteiger partial charge on any atom is -0.309 e. The molecule has 0 bridgehead atoms. The Kier molecular flexibility index (Phi) is 1.85. The van der Waals surface area contributed by atoms with Crippen LogP contribution in [-0.4, -0.2) is 0 Å². The topological polar surface area (TPSA) is 12.0 Å². The predicted octanol–water partition coefficient (Wildman–Crippen LogP) is 1.99. The van der Waals surface area contributed by atoms with Crippen LogP contribution in [0.25, 0.3) is 0 Å². The molecule has 0 unspecified atom stereocenters. The first-order valence-electron chi connectivity index (χ1n) is 4.32. The van der Waals surface area contributed by atoms with Gasteiger partial charge in [0.2, 0.25) is 0 Å². The van der Waals surface area contributed by atoms with Crippen LogP contribution in [-0.2, 0) is 19.5 Å². The van der Waals surface area contributed by atoms with Gasteiger partial charge in [0.15, 0.2) is 0 Å². The van der Waals surface area contributed by atoms with Crippen molar-refractivity contribution < 1.29 is 4.39 Å². The first-order chi connectivity index (χ1) is 5.81. The number of hydrogen-bond donors (Lipinski definition) is 1. The van der Waals surface area contributed by atoms with Gasteiger partial charge in [-0.1, -0.05) is 13.0 Å². The van der Waals surface area contributed by atoms with Gasteiger partial charge in [-0.25, -0.2) is 4.39 Å². The Bertz CT molecular complexity index is 306. The molecule has 2 heteroatoms. The van der Waals surface area contributed by atoms with Crippen LogP contribution in [0.5, 0.6) is 0 Å². The Hall–Kier alpha value is -0.890. The van der Waals surface area contributed by atoms with Gasteiger partial charge in [-0.3, -0.25) is 0 Å². The van der Waals surface area contributed by atoms with Crippen molar-refractivity contribution in [3.05, 3.63) is 34.6 Å². The number of nitrogens with one attached hydrogen (secondary N) is 1. The molecule has 1 aliphatic heterocycles. The van der Waals surface area contributed by atoms with E-state index in [1.54, 1.807) is 6.07 Å². The summed E-state index contributed by atoms with van der Waals surface area (Å²) in [4.78, 5) is 0. The van der Waals surface area contributed by atoms with Gasteiger partial charge in [0.1, 0.15) is 5.82 Å². The molecule has 2 rings (SSSR count). The first-order valence-corrected chi connectivity index (χ1v) is 4.32. The van der Waals surface area contributed by atoms with Gasteiger partial charge in [0.05, 0.1) is 0 Å². The standard InChI is InChI=1S/C10H12FN/c1-2-7-3-8-5-12-6-9(8)4-10(7)11/h3-4,12H,2,5-6H2,1H3. The van der Waals surface area contributed by atoms with Crippen LogP contribution in [0, 0.1) is 5.82 Å². The molecule has 0 aromatic heterocycles. The summed E-state index contributed by atoms with van der Waals surface area (Å²) >= 11 is 0. The van der Waals surface area contributed by atoms with Gasteiger partial charge in [-0.15, -0.1) is 0 Å². The van der Waals surface area contributed by atoms with Gasteiger partial charge in [0.25, 0.3) is 0 Å². The lowest BCUT2D eigenvalue weighted by molar-refractivity contribution is 0.610. The van der Waals surface area contributed by atoms with Crippen molar-refractivity contribution in [3.8, 4) is 0 Å². The number of hydrogen-bond acceptors (Lipinski definition) is 1. The Morgan fingerprint density at radius 1 is 1.33 bits per heavy atom. The van der Waals surface area contributed by atoms with Crippen LogP contribution in [0.4, 0.5) is 4.39 Å². The van der Waals surface area contributed by atoms with E-state index in [4.69, 9.17) is 0 Å². The van der Waals surface area contributed by atoms with Crippen molar-refractivity contribution in [2.45, 2.75) is 26.4 Å². The maximum absolute atomic E-state index is 13.2. The SMILES string of the molecule is CCc1cc2c(cc1F)CNC2. The molecule has 0 aliphatic carbocycles. The fraction of sp³-hybridized carbons (Fsp3) is 0.400. The Morgan fingerprint density at radius 2 is 2.00 bits per heavy atom. The van der Waals surface area contributed by atoms with Crippen molar-refractivity contribution in [1.29, 1.82) is 0 Å². The van der Waals surface area contributed by atoms with Crippen molar-refractivity contribution >= 4 is 0 Å². The number of rotatable bonds is 1. The van der Waals surface area contributed by atoms with Gasteiger partial charge >= 0.3 is 0 Å². The molecule has 0 fully saturated rings. The van der Waals surface area contributed by atoms with Crippen LogP contribution < -0.4 is 5.32 Å². The maximum atomic E-state index is 13.2. The van der Waals surface area contributed by atoms with E-state index in [-0.39, 0.29) is 5.82 Å². The normalized spacial score (nSPS) is 14.8. The summed E-state index contributed by atoms with van der Waals surface area (Å²) < 4.78 is 13.2. The van der Waals surface area contributed by atoms with Gasteiger partial charge in [-0.05, 0) is 29.2 Å². The number of benzene rings is 1. The smallest absolute Gasteiger partial charge is 0.126 e. The molecule has 1 aromatic rings. The Labute approximate surface area is 71.6 Å². The lowest BCUT2D eigenvalue weighted by Gasteiger charge is -2.03. The zero-order chi connectivity index (χ0) is 8.55. The molecule has 1 nitrogen and oxygen atoms in total. The van der Waals surface area contributed by atoms with E-state index >= 15 is 0 Å². The zero-order valence-electron chi connectivity index (χ0n) is 7.15. The lowest BCUT2D eigenvalue weighted by atomic mass is 10.0. The average molecular weight is 165 g/mol. The second-order valence-electron chi connectivity index (χ2n) is 3.17. The summed E-state index contributed by atoms with van der Waals surface area (Å²) in [5.74, 6) is -0.0556. The highest BCUT2D eigenvalue weighted by atomic mass is 19.1. The Balaban J connectivity index is 2.49. The minimum atomic E-state index is -0.0556. The number of aryl methyl sites for hydroxylation is 1. The fourth-order valence-corrected chi connectivity index (χ4v) is 1.64. The molecular weight excluding hydrogens is 153 g/mol. The van der Waals surface area contributed by atoms with E-state index in [1.807, 2.05) is 13.0 Å². The molecule has 1 aromatic carbocycles. The summed E-state index contributed by atoms with van der Waals surface area (Å²) in [6.07, 6.45) is 0.777. The fourth-order valence-electron chi connectivity index (χ4n) is 1.64.